The fourth-order valence-corrected chi connectivity index (χ4v) is 2.86. The number of para-hydroxylation sites is 2. The van der Waals surface area contributed by atoms with E-state index in [4.69, 9.17) is 26.8 Å². The molecule has 0 amide bonds. The van der Waals surface area contributed by atoms with E-state index in [0.717, 1.165) is 37.9 Å². The Bertz CT molecular complexity index is 1130. The number of aromatic nitrogens is 4. The van der Waals surface area contributed by atoms with Crippen LogP contribution in [-0.4, -0.2) is 38.1 Å². The van der Waals surface area contributed by atoms with Gasteiger partial charge < -0.3 is 37.8 Å². The summed E-state index contributed by atoms with van der Waals surface area (Å²) in [6, 6.07) is 18.7. The maximum atomic E-state index is 5.80. The van der Waals surface area contributed by atoms with Crippen molar-refractivity contribution in [3.8, 4) is 34.0 Å². The molecule has 1 atom stereocenters. The third-order valence-corrected chi connectivity index (χ3v) is 5.74. The van der Waals surface area contributed by atoms with Crippen LogP contribution >= 0.6 is 56.8 Å². The number of nitrogen functional groups attached to an aromatic ring is 1. The van der Waals surface area contributed by atoms with Crippen molar-refractivity contribution in [3.63, 3.8) is 0 Å². The number of anilines is 1. The van der Waals surface area contributed by atoms with Gasteiger partial charge in [-0.3, -0.25) is 4.43 Å². The molecule has 2 aromatic carbocycles. The average molecular weight is 812 g/mol. The molecule has 2 aromatic heterocycles. The van der Waals surface area contributed by atoms with E-state index in [0.29, 0.717) is 11.0 Å². The average Bonchev–Trinajstić information content (AvgIpc) is 2.94. The summed E-state index contributed by atoms with van der Waals surface area (Å²) in [5.41, 5.74) is 8.93. The van der Waals surface area contributed by atoms with Crippen LogP contribution in [0.4, 0.5) is 5.82 Å². The van der Waals surface area contributed by atoms with Crippen molar-refractivity contribution in [2.45, 2.75) is 31.1 Å². The number of methoxy groups -OCH3 is 2. The first kappa shape index (κ1) is 37.3. The molecule has 0 bridgehead atoms. The molecule has 1 radical (unpaired) electrons. The molecule has 0 saturated heterocycles. The van der Waals surface area contributed by atoms with Gasteiger partial charge in [-0.1, -0.05) is 72.3 Å². The smallest absolute Gasteiger partial charge is 0.133 e. The molecule has 0 aliphatic rings. The number of halogens is 3. The monoisotopic (exact) mass is 811 g/mol. The minimum absolute atomic E-state index is 0. The molecule has 39 heavy (non-hydrogen) atoms. The van der Waals surface area contributed by atoms with Crippen molar-refractivity contribution in [2.24, 2.45) is 0 Å². The number of benzene rings is 2. The summed E-state index contributed by atoms with van der Waals surface area (Å²) >= 11 is 10.4. The van der Waals surface area contributed by atoms with E-state index in [2.05, 4.69) is 79.0 Å². The van der Waals surface area contributed by atoms with E-state index in [1.807, 2.05) is 59.9 Å². The molecule has 4 rings (SSSR count). The summed E-state index contributed by atoms with van der Waals surface area (Å²) < 4.78 is 13.3. The first-order chi connectivity index (χ1) is 18.3. The Balaban J connectivity index is 0.000000572. The van der Waals surface area contributed by atoms with E-state index in [1.54, 1.807) is 26.4 Å². The molecule has 2 heterocycles. The SMILES string of the molecule is CCC(C)I.COc1ccccc1-c1cc(Cl)ncn1.COc1ccccc1-c1cc(N)ncn1.C[CH-]I.[V]. The topological polar surface area (TPSA) is 96.0 Å². The second kappa shape index (κ2) is 22.1. The van der Waals surface area contributed by atoms with Crippen LogP contribution in [0.5, 0.6) is 11.5 Å². The molecular formula is C28H33ClI2N5O2V-. The summed E-state index contributed by atoms with van der Waals surface area (Å²) in [6.07, 6.45) is 4.17. The van der Waals surface area contributed by atoms with Crippen molar-refractivity contribution in [2.75, 3.05) is 20.0 Å². The second-order valence-electron chi connectivity index (χ2n) is 7.36. The molecule has 0 aliphatic carbocycles. The van der Waals surface area contributed by atoms with Crippen LogP contribution in [-0.2, 0) is 18.6 Å². The number of alkyl halides is 1. The summed E-state index contributed by atoms with van der Waals surface area (Å²) in [5, 5.41) is 0.422. The molecule has 0 aliphatic heterocycles. The number of rotatable bonds is 5. The maximum absolute atomic E-state index is 5.80. The number of nitrogens with zero attached hydrogens (tertiary/aromatic N) is 4. The van der Waals surface area contributed by atoms with Crippen LogP contribution in [0.3, 0.4) is 0 Å². The Morgan fingerprint density at radius 3 is 1.67 bits per heavy atom. The minimum Gasteiger partial charge on any atom is -0.496 e. The van der Waals surface area contributed by atoms with Gasteiger partial charge in [-0.2, -0.15) is 6.92 Å². The summed E-state index contributed by atoms with van der Waals surface area (Å²) in [6.45, 7) is 6.39. The van der Waals surface area contributed by atoms with Crippen molar-refractivity contribution in [3.05, 3.63) is 82.9 Å². The Hall–Kier alpha value is -1.67. The van der Waals surface area contributed by atoms with Gasteiger partial charge in [-0.05, 0) is 30.7 Å². The largest absolute Gasteiger partial charge is 0.496 e. The number of nitrogens with two attached hydrogens (primary N) is 1. The zero-order valence-electron chi connectivity index (χ0n) is 22.6. The molecule has 2 N–H and O–H groups in total. The molecule has 7 nitrogen and oxygen atoms in total. The van der Waals surface area contributed by atoms with Gasteiger partial charge in [0, 0.05) is 45.7 Å². The van der Waals surface area contributed by atoms with E-state index in [-0.39, 0.29) is 18.6 Å². The van der Waals surface area contributed by atoms with E-state index in [1.165, 1.54) is 19.1 Å². The van der Waals surface area contributed by atoms with Crippen molar-refractivity contribution < 1.29 is 28.0 Å². The third kappa shape index (κ3) is 14.5. The van der Waals surface area contributed by atoms with Crippen LogP contribution in [0.25, 0.3) is 22.5 Å². The quantitative estimate of drug-likeness (QED) is 0.0938. The van der Waals surface area contributed by atoms with E-state index in [9.17, 15) is 0 Å². The first-order valence-corrected chi connectivity index (χ1v) is 14.5. The molecule has 0 spiro atoms. The van der Waals surface area contributed by atoms with Gasteiger partial charge in [0.05, 0.1) is 25.6 Å². The number of ether oxygens (including phenoxy) is 2. The van der Waals surface area contributed by atoms with E-state index >= 15 is 0 Å². The van der Waals surface area contributed by atoms with Crippen LogP contribution in [0.1, 0.15) is 27.2 Å². The fourth-order valence-electron chi connectivity index (χ4n) is 2.71. The van der Waals surface area contributed by atoms with Crippen molar-refractivity contribution >= 4 is 62.6 Å². The first-order valence-electron chi connectivity index (χ1n) is 11.6. The van der Waals surface area contributed by atoms with Crippen LogP contribution < -0.4 is 15.2 Å². The maximum Gasteiger partial charge on any atom is 0.133 e. The molecule has 1 unspecified atom stereocenters. The summed E-state index contributed by atoms with van der Waals surface area (Å²) in [5.74, 6) is 1.99. The van der Waals surface area contributed by atoms with Crippen LogP contribution in [0.2, 0.25) is 5.15 Å². The van der Waals surface area contributed by atoms with Gasteiger partial charge in [-0.25, -0.2) is 19.9 Å². The zero-order chi connectivity index (χ0) is 28.3. The zero-order valence-corrected chi connectivity index (χ0v) is 29.0. The van der Waals surface area contributed by atoms with Crippen molar-refractivity contribution in [1.29, 1.82) is 0 Å². The molecule has 209 valence electrons. The number of hydrogen-bond acceptors (Lipinski definition) is 7. The Labute approximate surface area is 276 Å². The number of hydrogen-bond donors (Lipinski definition) is 1. The van der Waals surface area contributed by atoms with Gasteiger partial charge in [0.2, 0.25) is 0 Å². The summed E-state index contributed by atoms with van der Waals surface area (Å²) in [4.78, 5) is 16.0. The minimum atomic E-state index is 0. The van der Waals surface area contributed by atoms with Gasteiger partial charge in [0.1, 0.15) is 35.1 Å². The molecular weight excluding hydrogens is 779 g/mol. The fraction of sp³-hybridized carbons (Fsp3) is 0.250. The van der Waals surface area contributed by atoms with Crippen LogP contribution in [0, 0.1) is 4.43 Å². The Morgan fingerprint density at radius 1 is 0.872 bits per heavy atom. The predicted molar refractivity (Wildman–Crippen MR) is 175 cm³/mol. The van der Waals surface area contributed by atoms with Gasteiger partial charge in [0.15, 0.2) is 0 Å². The normalized spacial score (nSPS) is 10.1. The second-order valence-corrected chi connectivity index (χ2v) is 11.1. The Kier molecular flexibility index (Phi) is 21.1. The standard InChI is InChI=1S/C11H9ClN2O.C11H11N3O.C4H9I.C2H4I.V/c2*1-15-10-5-3-2-4-8(10)9-6-11(12)14-7-13-9;1-3-4(2)5;1-2-3;/h2-7H,1H3;2-7H,1H3,(H2,12,13,14);4H,3H2,1-2H3;2H,1H3;/q;;;-1;. The summed E-state index contributed by atoms with van der Waals surface area (Å²) in [7, 11) is 3.25. The van der Waals surface area contributed by atoms with Gasteiger partial charge in [0.25, 0.3) is 0 Å². The molecule has 4 aromatic rings. The van der Waals surface area contributed by atoms with Crippen molar-refractivity contribution in [1.82, 2.24) is 19.9 Å². The van der Waals surface area contributed by atoms with Gasteiger partial charge in [-0.15, -0.1) is 0 Å². The van der Waals surface area contributed by atoms with Crippen LogP contribution in [0.15, 0.2) is 73.3 Å². The van der Waals surface area contributed by atoms with E-state index < -0.39 is 0 Å². The molecule has 0 fully saturated rings. The Morgan fingerprint density at radius 2 is 1.28 bits per heavy atom. The predicted octanol–water partition coefficient (Wildman–Crippen LogP) is 8.36. The molecule has 0 saturated carbocycles. The van der Waals surface area contributed by atoms with Gasteiger partial charge >= 0.3 is 0 Å². The molecule has 11 heteroatoms. The third-order valence-electron chi connectivity index (χ3n) is 4.65.